The summed E-state index contributed by atoms with van der Waals surface area (Å²) in [6.45, 7) is 13.6. The van der Waals surface area contributed by atoms with Gasteiger partial charge in [0.25, 0.3) is 0 Å². The Morgan fingerprint density at radius 2 is 1.61 bits per heavy atom. The van der Waals surface area contributed by atoms with Gasteiger partial charge in [0.15, 0.2) is 5.82 Å². The first-order valence-corrected chi connectivity index (χ1v) is 10.6. The van der Waals surface area contributed by atoms with Gasteiger partial charge in [-0.2, -0.15) is 4.90 Å². The van der Waals surface area contributed by atoms with E-state index in [1.165, 1.54) is 11.7 Å². The summed E-state index contributed by atoms with van der Waals surface area (Å²) in [4.78, 5) is 50.6. The summed E-state index contributed by atoms with van der Waals surface area (Å²) in [6.07, 6.45) is 0.114. The zero-order valence-corrected chi connectivity index (χ0v) is 20.9. The molecule has 1 atom stereocenters. The number of aryl methyl sites for hydroxylation is 1. The highest BCUT2D eigenvalue weighted by Crippen LogP contribution is 2.20. The lowest BCUT2D eigenvalue weighted by Crippen LogP contribution is -2.52. The van der Waals surface area contributed by atoms with E-state index >= 15 is 0 Å². The van der Waals surface area contributed by atoms with Crippen LogP contribution in [0, 0.1) is 6.92 Å². The number of hydrogen-bond acceptors (Lipinski definition) is 9. The molecule has 0 saturated heterocycles. The number of carbonyl (C=O) groups is 3. The van der Waals surface area contributed by atoms with Crippen LogP contribution in [-0.2, 0) is 25.5 Å². The monoisotopic (exact) mass is 469 g/mol. The van der Waals surface area contributed by atoms with Crippen LogP contribution in [0.1, 0.15) is 67.1 Å². The molecule has 0 spiro atoms. The van der Waals surface area contributed by atoms with Crippen molar-refractivity contribution in [1.29, 1.82) is 0 Å². The van der Waals surface area contributed by atoms with Gasteiger partial charge in [0.05, 0.1) is 13.7 Å². The summed E-state index contributed by atoms with van der Waals surface area (Å²) in [5, 5.41) is 3.61. The Balaban J connectivity index is 3.13. The van der Waals surface area contributed by atoms with Gasteiger partial charge >= 0.3 is 23.9 Å². The third-order valence-electron chi connectivity index (χ3n) is 4.17. The Hall–Kier alpha value is -3.11. The second kappa shape index (κ2) is 11.2. The number of imide groups is 1. The normalized spacial score (nSPS) is 13.3. The molecule has 1 aromatic heterocycles. The van der Waals surface area contributed by atoms with Gasteiger partial charge in [-0.25, -0.2) is 19.2 Å². The first kappa shape index (κ1) is 27.9. The maximum absolute atomic E-state index is 12.9. The third-order valence-corrected chi connectivity index (χ3v) is 4.17. The van der Waals surface area contributed by atoms with Gasteiger partial charge in [-0.05, 0) is 68.2 Å². The van der Waals surface area contributed by atoms with Crippen LogP contribution in [0.5, 0.6) is 0 Å². The maximum atomic E-state index is 12.9. The molecule has 186 valence electrons. The molecule has 1 aromatic rings. The van der Waals surface area contributed by atoms with E-state index in [1.54, 1.807) is 61.5 Å². The van der Waals surface area contributed by atoms with E-state index in [0.717, 1.165) is 5.57 Å². The summed E-state index contributed by atoms with van der Waals surface area (Å²) in [6, 6.07) is -1.27. The predicted molar refractivity (Wildman–Crippen MR) is 119 cm³/mol. The van der Waals surface area contributed by atoms with E-state index in [0.29, 0.717) is 17.1 Å². The molecule has 0 N–H and O–H groups in total. The fraction of sp³-hybridized carbons (Fsp3) is 0.682. The molecule has 0 aromatic carbocycles. The average molecular weight is 470 g/mol. The lowest BCUT2D eigenvalue weighted by Gasteiger charge is -2.32. The second-order valence-electron chi connectivity index (χ2n) is 9.58. The third kappa shape index (κ3) is 9.11. The molecule has 0 aliphatic heterocycles. The minimum Gasteiger partial charge on any atom is -0.467 e. The van der Waals surface area contributed by atoms with Crippen molar-refractivity contribution in [3.05, 3.63) is 28.0 Å². The summed E-state index contributed by atoms with van der Waals surface area (Å²) in [5.74, 6) is -0.932. The summed E-state index contributed by atoms with van der Waals surface area (Å²) in [7, 11) is 1.17. The number of ether oxygens (including phenoxy) is 3. The molecule has 1 rings (SSSR count). The van der Waals surface area contributed by atoms with E-state index in [9.17, 15) is 19.2 Å². The number of methoxy groups -OCH3 is 1. The molecule has 11 heteroatoms. The number of allylic oxidation sites excluding steroid dienone is 2. The summed E-state index contributed by atoms with van der Waals surface area (Å²) < 4.78 is 21.5. The molecule has 0 saturated carbocycles. The van der Waals surface area contributed by atoms with Crippen LogP contribution >= 0.6 is 0 Å². The van der Waals surface area contributed by atoms with Gasteiger partial charge in [0.2, 0.25) is 0 Å². The maximum Gasteiger partial charge on any atom is 0.441 e. The highest BCUT2D eigenvalue weighted by atomic mass is 16.6. The number of esters is 1. The average Bonchev–Trinajstić information content (AvgIpc) is 2.95. The van der Waals surface area contributed by atoms with E-state index in [-0.39, 0.29) is 13.0 Å². The molecule has 11 nitrogen and oxygen atoms in total. The van der Waals surface area contributed by atoms with Crippen LogP contribution in [0.3, 0.4) is 0 Å². The number of nitrogens with zero attached hydrogens (tertiary/aromatic N) is 3. The Kier molecular flexibility index (Phi) is 9.44. The fourth-order valence-electron chi connectivity index (χ4n) is 2.76. The Labute approximate surface area is 193 Å². The van der Waals surface area contributed by atoms with Crippen molar-refractivity contribution in [3.63, 3.8) is 0 Å². The van der Waals surface area contributed by atoms with Crippen LogP contribution in [0.4, 0.5) is 9.59 Å². The van der Waals surface area contributed by atoms with Gasteiger partial charge in [-0.1, -0.05) is 16.8 Å². The molecule has 0 aliphatic rings. The van der Waals surface area contributed by atoms with Crippen LogP contribution in [-0.4, -0.2) is 57.1 Å². The molecule has 0 aliphatic carbocycles. The first-order chi connectivity index (χ1) is 15.1. The van der Waals surface area contributed by atoms with Crippen LogP contribution in [0.25, 0.3) is 0 Å². The molecule has 2 amide bonds. The summed E-state index contributed by atoms with van der Waals surface area (Å²) in [5.41, 5.74) is -1.01. The number of carbonyl (C=O) groups excluding carboxylic acids is 3. The number of hydrogen-bond donors (Lipinski definition) is 0. The van der Waals surface area contributed by atoms with Crippen LogP contribution in [0.2, 0.25) is 0 Å². The molecule has 33 heavy (non-hydrogen) atoms. The number of aromatic nitrogens is 2. The second-order valence-corrected chi connectivity index (χ2v) is 9.58. The topological polar surface area (TPSA) is 130 Å². The number of amides is 2. The Morgan fingerprint density at radius 1 is 1.09 bits per heavy atom. The van der Waals surface area contributed by atoms with Crippen molar-refractivity contribution < 1.29 is 33.1 Å². The molecule has 1 heterocycles. The quantitative estimate of drug-likeness (QED) is 0.334. The minimum absolute atomic E-state index is 0.0556. The first-order valence-electron chi connectivity index (χ1n) is 10.6. The number of rotatable bonds is 7. The van der Waals surface area contributed by atoms with Crippen LogP contribution in [0.15, 0.2) is 21.0 Å². The van der Waals surface area contributed by atoms with Gasteiger partial charge in [-0.3, -0.25) is 9.09 Å². The zero-order chi connectivity index (χ0) is 25.6. The SMILES string of the molecule is COC(=O)[C@H](CC/C=C(\C)Cn1c(C)noc1=O)N(C(=O)OC(C)(C)C)C(=O)OC(C)(C)C. The van der Waals surface area contributed by atoms with Crippen molar-refractivity contribution in [3.8, 4) is 0 Å². The molecule has 0 radical (unpaired) electrons. The molecule has 0 bridgehead atoms. The molecular formula is C22H35N3O8. The smallest absolute Gasteiger partial charge is 0.441 e. The van der Waals surface area contributed by atoms with E-state index in [1.807, 2.05) is 0 Å². The van der Waals surface area contributed by atoms with Gasteiger partial charge in [-0.15, -0.1) is 0 Å². The lowest BCUT2D eigenvalue weighted by molar-refractivity contribution is -0.146. The fourth-order valence-corrected chi connectivity index (χ4v) is 2.76. The molecular weight excluding hydrogens is 434 g/mol. The Bertz CT molecular complexity index is 903. The minimum atomic E-state index is -1.27. The molecule has 0 fully saturated rings. The van der Waals surface area contributed by atoms with Crippen molar-refractivity contribution in [2.45, 2.75) is 92.0 Å². The van der Waals surface area contributed by atoms with Gasteiger partial charge in [0, 0.05) is 0 Å². The predicted octanol–water partition coefficient (Wildman–Crippen LogP) is 3.59. The van der Waals surface area contributed by atoms with Crippen molar-refractivity contribution >= 4 is 18.2 Å². The highest BCUT2D eigenvalue weighted by Gasteiger charge is 2.40. The Morgan fingerprint density at radius 3 is 2.00 bits per heavy atom. The summed E-state index contributed by atoms with van der Waals surface area (Å²) >= 11 is 0. The van der Waals surface area contributed by atoms with E-state index in [4.69, 9.17) is 14.2 Å². The lowest BCUT2D eigenvalue weighted by atomic mass is 10.1. The van der Waals surface area contributed by atoms with Gasteiger partial charge < -0.3 is 14.2 Å². The van der Waals surface area contributed by atoms with Crippen LogP contribution < -0.4 is 5.76 Å². The molecule has 0 unspecified atom stereocenters. The largest absolute Gasteiger partial charge is 0.467 e. The van der Waals surface area contributed by atoms with Gasteiger partial charge in [0.1, 0.15) is 17.2 Å². The van der Waals surface area contributed by atoms with Crippen molar-refractivity contribution in [2.24, 2.45) is 0 Å². The zero-order valence-electron chi connectivity index (χ0n) is 20.9. The van der Waals surface area contributed by atoms with E-state index in [2.05, 4.69) is 9.68 Å². The van der Waals surface area contributed by atoms with E-state index < -0.39 is 41.2 Å². The van der Waals surface area contributed by atoms with Crippen molar-refractivity contribution in [1.82, 2.24) is 14.6 Å². The highest BCUT2D eigenvalue weighted by molar-refractivity contribution is 5.94. The standard InChI is InChI=1S/C22H35N3O8/c1-14(13-24-15(2)23-33-18(24)27)11-10-12-16(17(26)30-9)25(19(28)31-21(3,4)5)20(29)32-22(6,7)8/h11,16H,10,12-13H2,1-9H3/b14-11+/t16-/m0/s1. The van der Waals surface area contributed by atoms with Crippen molar-refractivity contribution in [2.75, 3.05) is 7.11 Å².